The highest BCUT2D eigenvalue weighted by molar-refractivity contribution is 9.10. The van der Waals surface area contributed by atoms with Gasteiger partial charge in [0.2, 0.25) is 0 Å². The summed E-state index contributed by atoms with van der Waals surface area (Å²) in [6, 6.07) is 3.48. The lowest BCUT2D eigenvalue weighted by molar-refractivity contribution is -0.112. The molecule has 1 heterocycles. The number of carbonyl (C=O) groups is 1. The summed E-state index contributed by atoms with van der Waals surface area (Å²) in [6.45, 7) is 5.11. The van der Waals surface area contributed by atoms with Crippen molar-refractivity contribution in [3.63, 3.8) is 0 Å². The summed E-state index contributed by atoms with van der Waals surface area (Å²) in [5.74, 6) is -0.418. The van der Waals surface area contributed by atoms with Crippen LogP contribution in [0.1, 0.15) is 5.69 Å². The minimum atomic E-state index is -0.418. The van der Waals surface area contributed by atoms with Gasteiger partial charge in [0.1, 0.15) is 4.60 Å². The first kappa shape index (κ1) is 11.2. The molecule has 1 aromatic heterocycles. The van der Waals surface area contributed by atoms with E-state index >= 15 is 0 Å². The van der Waals surface area contributed by atoms with Crippen LogP contribution in [0.4, 0.5) is 5.69 Å². The number of hydrogen-bond acceptors (Lipinski definition) is 2. The molecule has 0 aliphatic rings. The number of hydrogen-bond donors (Lipinski definition) is 1. The molecule has 0 saturated heterocycles. The van der Waals surface area contributed by atoms with E-state index < -0.39 is 5.91 Å². The van der Waals surface area contributed by atoms with Gasteiger partial charge in [-0.3, -0.25) is 4.79 Å². The summed E-state index contributed by atoms with van der Waals surface area (Å²) in [5.41, 5.74) is 1.34. The summed E-state index contributed by atoms with van der Waals surface area (Å²) < 4.78 is 0.720. The van der Waals surface area contributed by atoms with Gasteiger partial charge in [0.05, 0.1) is 16.4 Å². The number of halogens is 2. The molecule has 1 amide bonds. The van der Waals surface area contributed by atoms with Crippen LogP contribution in [0.2, 0.25) is 0 Å². The first-order chi connectivity index (χ1) is 6.50. The third kappa shape index (κ3) is 2.82. The minimum Gasteiger partial charge on any atom is -0.320 e. The second-order valence-electron chi connectivity index (χ2n) is 2.63. The van der Waals surface area contributed by atoms with E-state index in [4.69, 9.17) is 11.6 Å². The van der Waals surface area contributed by atoms with Crippen LogP contribution in [-0.2, 0) is 4.79 Å². The van der Waals surface area contributed by atoms with Gasteiger partial charge >= 0.3 is 0 Å². The van der Waals surface area contributed by atoms with Gasteiger partial charge in [-0.1, -0.05) is 18.2 Å². The first-order valence-electron chi connectivity index (χ1n) is 3.79. The molecule has 74 valence electrons. The molecule has 0 bridgehead atoms. The van der Waals surface area contributed by atoms with Crippen LogP contribution in [0.25, 0.3) is 0 Å². The van der Waals surface area contributed by atoms with Gasteiger partial charge in [-0.15, -0.1) is 0 Å². The Bertz CT molecular complexity index is 392. The maximum Gasteiger partial charge on any atom is 0.266 e. The van der Waals surface area contributed by atoms with Gasteiger partial charge in [-0.2, -0.15) is 0 Å². The highest BCUT2D eigenvalue weighted by Crippen LogP contribution is 2.16. The molecule has 5 heteroatoms. The van der Waals surface area contributed by atoms with Crippen molar-refractivity contribution in [1.82, 2.24) is 4.98 Å². The van der Waals surface area contributed by atoms with Crippen molar-refractivity contribution >= 4 is 39.1 Å². The average molecular weight is 276 g/mol. The molecule has 1 N–H and O–H groups in total. The fourth-order valence-corrected chi connectivity index (χ4v) is 1.30. The van der Waals surface area contributed by atoms with E-state index in [1.54, 1.807) is 19.1 Å². The Kier molecular flexibility index (Phi) is 3.66. The average Bonchev–Trinajstić information content (AvgIpc) is 2.09. The van der Waals surface area contributed by atoms with Gasteiger partial charge in [0.25, 0.3) is 5.91 Å². The number of aromatic nitrogens is 1. The number of nitrogens with one attached hydrogen (secondary N) is 1. The Morgan fingerprint density at radius 1 is 1.64 bits per heavy atom. The van der Waals surface area contributed by atoms with Crippen LogP contribution in [0.15, 0.2) is 28.3 Å². The zero-order valence-corrected chi connectivity index (χ0v) is 9.82. The van der Waals surface area contributed by atoms with E-state index in [-0.39, 0.29) is 5.03 Å². The van der Waals surface area contributed by atoms with Crippen LogP contribution < -0.4 is 5.32 Å². The predicted molar refractivity (Wildman–Crippen MR) is 60.3 cm³/mol. The van der Waals surface area contributed by atoms with Gasteiger partial charge in [-0.05, 0) is 35.0 Å². The molecule has 0 spiro atoms. The molecule has 0 unspecified atom stereocenters. The summed E-state index contributed by atoms with van der Waals surface area (Å²) >= 11 is 8.65. The Morgan fingerprint density at radius 3 is 2.79 bits per heavy atom. The van der Waals surface area contributed by atoms with Gasteiger partial charge in [0, 0.05) is 0 Å². The minimum absolute atomic E-state index is 0.0488. The van der Waals surface area contributed by atoms with Crippen molar-refractivity contribution in [2.24, 2.45) is 0 Å². The second kappa shape index (κ2) is 4.57. The predicted octanol–water partition coefficient (Wildman–Crippen LogP) is 2.84. The Morgan fingerprint density at radius 2 is 2.29 bits per heavy atom. The van der Waals surface area contributed by atoms with Crippen LogP contribution in [0, 0.1) is 6.92 Å². The molecule has 0 aliphatic carbocycles. The molecule has 0 aliphatic heterocycles. The van der Waals surface area contributed by atoms with Gasteiger partial charge in [0.15, 0.2) is 0 Å². The number of aryl methyl sites for hydroxylation is 1. The maximum absolute atomic E-state index is 11.2. The quantitative estimate of drug-likeness (QED) is 0.666. The maximum atomic E-state index is 11.2. The molecule has 1 aromatic rings. The first-order valence-corrected chi connectivity index (χ1v) is 4.96. The molecule has 0 fully saturated rings. The summed E-state index contributed by atoms with van der Waals surface area (Å²) in [5, 5.41) is 2.53. The lowest BCUT2D eigenvalue weighted by Gasteiger charge is -2.06. The number of carbonyl (C=O) groups excluding carboxylic acids is 1. The number of nitrogens with zero attached hydrogens (tertiary/aromatic N) is 1. The SMILES string of the molecule is C=C(Cl)C(=O)Nc1ccc(Br)nc1C. The van der Waals surface area contributed by atoms with Crippen LogP contribution in [0.5, 0.6) is 0 Å². The lowest BCUT2D eigenvalue weighted by Crippen LogP contribution is -2.12. The Balaban J connectivity index is 2.87. The largest absolute Gasteiger partial charge is 0.320 e. The lowest BCUT2D eigenvalue weighted by atomic mass is 10.3. The molecule has 3 nitrogen and oxygen atoms in total. The summed E-state index contributed by atoms with van der Waals surface area (Å²) in [6.07, 6.45) is 0. The molecule has 0 saturated carbocycles. The number of amides is 1. The van der Waals surface area contributed by atoms with Crippen molar-refractivity contribution in [3.05, 3.63) is 34.0 Å². The molecule has 0 atom stereocenters. The van der Waals surface area contributed by atoms with E-state index in [9.17, 15) is 4.79 Å². The number of rotatable bonds is 2. The van der Waals surface area contributed by atoms with E-state index in [0.717, 1.165) is 4.60 Å². The molecular formula is C9H8BrClN2O. The number of pyridine rings is 1. The fraction of sp³-hybridized carbons (Fsp3) is 0.111. The zero-order chi connectivity index (χ0) is 10.7. The van der Waals surface area contributed by atoms with Gasteiger partial charge in [-0.25, -0.2) is 4.98 Å². The monoisotopic (exact) mass is 274 g/mol. The normalized spacial score (nSPS) is 9.64. The van der Waals surface area contributed by atoms with E-state index in [1.807, 2.05) is 0 Å². The van der Waals surface area contributed by atoms with Crippen molar-refractivity contribution in [1.29, 1.82) is 0 Å². The van der Waals surface area contributed by atoms with Crippen LogP contribution in [0.3, 0.4) is 0 Å². The molecule has 14 heavy (non-hydrogen) atoms. The summed E-state index contributed by atoms with van der Waals surface area (Å²) in [7, 11) is 0. The number of anilines is 1. The van der Waals surface area contributed by atoms with Crippen molar-refractivity contribution in [3.8, 4) is 0 Å². The van der Waals surface area contributed by atoms with E-state index in [0.29, 0.717) is 11.4 Å². The zero-order valence-electron chi connectivity index (χ0n) is 7.47. The fourth-order valence-electron chi connectivity index (χ4n) is 0.853. The van der Waals surface area contributed by atoms with E-state index in [2.05, 4.69) is 32.8 Å². The smallest absolute Gasteiger partial charge is 0.266 e. The molecule has 0 aromatic carbocycles. The molecule has 0 radical (unpaired) electrons. The Hall–Kier alpha value is -0.870. The van der Waals surface area contributed by atoms with Crippen LogP contribution in [-0.4, -0.2) is 10.9 Å². The van der Waals surface area contributed by atoms with Crippen molar-refractivity contribution in [2.75, 3.05) is 5.32 Å². The highest BCUT2D eigenvalue weighted by Gasteiger charge is 2.06. The van der Waals surface area contributed by atoms with Crippen LogP contribution >= 0.6 is 27.5 Å². The Labute approximate surface area is 95.3 Å². The molecular weight excluding hydrogens is 267 g/mol. The highest BCUT2D eigenvalue weighted by atomic mass is 79.9. The standard InChI is InChI=1S/C9H8BrClN2O/c1-5(11)9(14)13-7-3-4-8(10)12-6(7)2/h3-4H,1H2,2H3,(H,13,14). The third-order valence-electron chi connectivity index (χ3n) is 1.55. The second-order valence-corrected chi connectivity index (χ2v) is 3.89. The molecule has 1 rings (SSSR count). The third-order valence-corrected chi connectivity index (χ3v) is 2.16. The van der Waals surface area contributed by atoms with Crippen molar-refractivity contribution < 1.29 is 4.79 Å². The summed E-state index contributed by atoms with van der Waals surface area (Å²) in [4.78, 5) is 15.3. The van der Waals surface area contributed by atoms with Gasteiger partial charge < -0.3 is 5.32 Å². The van der Waals surface area contributed by atoms with E-state index in [1.165, 1.54) is 0 Å². The van der Waals surface area contributed by atoms with Crippen molar-refractivity contribution in [2.45, 2.75) is 6.92 Å². The topological polar surface area (TPSA) is 42.0 Å².